The lowest BCUT2D eigenvalue weighted by Crippen LogP contribution is -2.40. The van der Waals surface area contributed by atoms with E-state index in [0.717, 1.165) is 84.5 Å². The number of methoxy groups -OCH3 is 1. The molecule has 0 aliphatic carbocycles. The fourth-order valence-corrected chi connectivity index (χ4v) is 6.46. The molecule has 2 saturated heterocycles. The third kappa shape index (κ3) is 5.67. The van der Waals surface area contributed by atoms with Crippen molar-refractivity contribution in [3.8, 4) is 5.88 Å². The number of imidazole rings is 1. The molecule has 0 radical (unpaired) electrons. The Kier molecular flexibility index (Phi) is 7.78. The monoisotopic (exact) mass is 594 g/mol. The number of rotatable bonds is 9. The fourth-order valence-electron chi connectivity index (χ4n) is 6.46. The number of carbonyl (C=O) groups is 1. The Bertz CT molecular complexity index is 1810. The number of nitrogens with zero attached hydrogens (tertiary/aromatic N) is 6. The second kappa shape index (κ2) is 12.0. The van der Waals surface area contributed by atoms with Gasteiger partial charge >= 0.3 is 5.97 Å². The Labute approximate surface area is 256 Å². The molecule has 44 heavy (non-hydrogen) atoms. The van der Waals surface area contributed by atoms with Crippen LogP contribution >= 0.6 is 0 Å². The second-order valence-corrected chi connectivity index (χ2v) is 12.0. The van der Waals surface area contributed by atoms with Crippen LogP contribution in [0.2, 0.25) is 0 Å². The largest absolute Gasteiger partial charge is 0.473 e. The van der Waals surface area contributed by atoms with Crippen molar-refractivity contribution in [2.75, 3.05) is 20.3 Å². The number of aryl methyl sites for hydroxylation is 1. The van der Waals surface area contributed by atoms with E-state index in [0.29, 0.717) is 30.0 Å². The molecular formula is C34H38N6O4. The first kappa shape index (κ1) is 28.5. The molecule has 2 aliphatic heterocycles. The number of esters is 1. The van der Waals surface area contributed by atoms with Crippen molar-refractivity contribution < 1.29 is 19.0 Å². The molecule has 7 rings (SSSR count). The highest BCUT2D eigenvalue weighted by Gasteiger charge is 2.30. The van der Waals surface area contributed by atoms with Crippen molar-refractivity contribution in [1.29, 1.82) is 0 Å². The number of aromatic nitrogens is 5. The SMILES string of the molecule is COC(=O)c1ccc2nc(CN3CCC(c4cccc(OCc5ccc6cnn(C)c6c5)n4)CC3C)n(CC3CCO3)c2c1. The van der Waals surface area contributed by atoms with Crippen LogP contribution in [0.15, 0.2) is 60.8 Å². The van der Waals surface area contributed by atoms with Crippen LogP contribution in [0.1, 0.15) is 59.5 Å². The second-order valence-electron chi connectivity index (χ2n) is 12.0. The minimum absolute atomic E-state index is 0.176. The van der Waals surface area contributed by atoms with Crippen molar-refractivity contribution in [2.45, 2.75) is 63.9 Å². The summed E-state index contributed by atoms with van der Waals surface area (Å²) in [6.07, 6.45) is 5.10. The van der Waals surface area contributed by atoms with E-state index >= 15 is 0 Å². The minimum atomic E-state index is -0.342. The van der Waals surface area contributed by atoms with Gasteiger partial charge in [0.05, 0.1) is 54.6 Å². The van der Waals surface area contributed by atoms with Crippen LogP contribution in [0.3, 0.4) is 0 Å². The number of hydrogen-bond acceptors (Lipinski definition) is 8. The molecule has 10 heteroatoms. The van der Waals surface area contributed by atoms with Gasteiger partial charge in [-0.25, -0.2) is 14.8 Å². The van der Waals surface area contributed by atoms with Crippen molar-refractivity contribution in [2.24, 2.45) is 7.05 Å². The summed E-state index contributed by atoms with van der Waals surface area (Å²) < 4.78 is 21.0. The van der Waals surface area contributed by atoms with Gasteiger partial charge in [0.15, 0.2) is 0 Å². The maximum atomic E-state index is 12.2. The highest BCUT2D eigenvalue weighted by molar-refractivity contribution is 5.93. The summed E-state index contributed by atoms with van der Waals surface area (Å²) in [6.45, 7) is 5.96. The zero-order valence-corrected chi connectivity index (χ0v) is 25.5. The molecule has 5 heterocycles. The molecule has 5 aromatic rings. The van der Waals surface area contributed by atoms with Crippen molar-refractivity contribution in [1.82, 2.24) is 29.2 Å². The number of ether oxygens (including phenoxy) is 3. The summed E-state index contributed by atoms with van der Waals surface area (Å²) in [6, 6.07) is 18.3. The zero-order chi connectivity index (χ0) is 30.2. The van der Waals surface area contributed by atoms with Crippen LogP contribution < -0.4 is 4.74 Å². The molecule has 0 bridgehead atoms. The van der Waals surface area contributed by atoms with E-state index in [1.54, 1.807) is 6.07 Å². The number of hydrogen-bond donors (Lipinski definition) is 0. The van der Waals surface area contributed by atoms with E-state index < -0.39 is 0 Å². The number of piperidine rings is 1. The smallest absolute Gasteiger partial charge is 0.337 e. The molecule has 3 atom stereocenters. The predicted octanol–water partition coefficient (Wildman–Crippen LogP) is 5.24. The third-order valence-corrected chi connectivity index (χ3v) is 9.15. The fraction of sp³-hybridized carbons (Fsp3) is 0.412. The van der Waals surface area contributed by atoms with E-state index in [4.69, 9.17) is 24.2 Å². The summed E-state index contributed by atoms with van der Waals surface area (Å²) in [4.78, 5) is 24.7. The standard InChI is InChI=1S/C34H38N6O4/c1-22-15-24(28-5-4-6-33(37-28)44-21-23-7-8-26-18-35-38(2)30(26)16-23)11-13-39(22)20-32-36-29-10-9-25(34(41)42-3)17-31(29)40(32)19-27-12-14-43-27/h4-10,16-18,22,24,27H,11-15,19-21H2,1-3H3. The maximum absolute atomic E-state index is 12.2. The Hall–Kier alpha value is -4.28. The summed E-state index contributed by atoms with van der Waals surface area (Å²) in [5.41, 5.74) is 5.63. The summed E-state index contributed by atoms with van der Waals surface area (Å²) in [7, 11) is 3.36. The first-order valence-electron chi connectivity index (χ1n) is 15.4. The van der Waals surface area contributed by atoms with Crippen LogP contribution in [-0.4, -0.2) is 67.6 Å². The van der Waals surface area contributed by atoms with Gasteiger partial charge in [-0.15, -0.1) is 0 Å². The molecule has 228 valence electrons. The van der Waals surface area contributed by atoms with Crippen molar-refractivity contribution >= 4 is 27.9 Å². The molecule has 2 aliphatic rings. The number of likely N-dealkylation sites (tertiary alicyclic amines) is 1. The summed E-state index contributed by atoms with van der Waals surface area (Å²) in [5, 5.41) is 5.45. The molecule has 0 amide bonds. The normalized spacial score (nSPS) is 20.6. The molecule has 10 nitrogen and oxygen atoms in total. The Morgan fingerprint density at radius 2 is 1.95 bits per heavy atom. The number of carbonyl (C=O) groups excluding carboxylic acids is 1. The third-order valence-electron chi connectivity index (χ3n) is 9.15. The molecule has 0 saturated carbocycles. The highest BCUT2D eigenvalue weighted by Crippen LogP contribution is 2.33. The Morgan fingerprint density at radius 3 is 2.75 bits per heavy atom. The van der Waals surface area contributed by atoms with Gasteiger partial charge in [0.25, 0.3) is 0 Å². The van der Waals surface area contributed by atoms with E-state index in [9.17, 15) is 4.79 Å². The zero-order valence-electron chi connectivity index (χ0n) is 25.5. The van der Waals surface area contributed by atoms with Gasteiger partial charge in [-0.3, -0.25) is 9.58 Å². The Morgan fingerprint density at radius 1 is 1.07 bits per heavy atom. The highest BCUT2D eigenvalue weighted by atomic mass is 16.5. The van der Waals surface area contributed by atoms with Crippen LogP contribution in [0.4, 0.5) is 0 Å². The van der Waals surface area contributed by atoms with E-state index in [2.05, 4.69) is 45.8 Å². The molecule has 0 spiro atoms. The first-order chi connectivity index (χ1) is 21.4. The van der Waals surface area contributed by atoms with E-state index in [1.807, 2.05) is 42.2 Å². The summed E-state index contributed by atoms with van der Waals surface area (Å²) in [5.74, 6) is 1.67. The quantitative estimate of drug-likeness (QED) is 0.214. The topological polar surface area (TPSA) is 96.5 Å². The van der Waals surface area contributed by atoms with Gasteiger partial charge in [-0.05, 0) is 68.6 Å². The molecule has 2 fully saturated rings. The first-order valence-corrected chi connectivity index (χ1v) is 15.4. The van der Waals surface area contributed by atoms with Gasteiger partial charge in [-0.2, -0.15) is 5.10 Å². The average Bonchev–Trinajstić information content (AvgIpc) is 3.57. The summed E-state index contributed by atoms with van der Waals surface area (Å²) >= 11 is 0. The molecule has 0 N–H and O–H groups in total. The van der Waals surface area contributed by atoms with E-state index in [1.165, 1.54) is 7.11 Å². The number of benzene rings is 2. The van der Waals surface area contributed by atoms with Crippen molar-refractivity contribution in [3.63, 3.8) is 0 Å². The van der Waals surface area contributed by atoms with Gasteiger partial charge in [0, 0.05) is 42.8 Å². The molecule has 2 aromatic carbocycles. The minimum Gasteiger partial charge on any atom is -0.473 e. The van der Waals surface area contributed by atoms with E-state index in [-0.39, 0.29) is 12.1 Å². The van der Waals surface area contributed by atoms with Gasteiger partial charge < -0.3 is 18.8 Å². The molecule has 3 unspecified atom stereocenters. The van der Waals surface area contributed by atoms with Crippen LogP contribution in [0.25, 0.3) is 21.9 Å². The van der Waals surface area contributed by atoms with Crippen LogP contribution in [0.5, 0.6) is 5.88 Å². The predicted molar refractivity (Wildman–Crippen MR) is 167 cm³/mol. The maximum Gasteiger partial charge on any atom is 0.337 e. The Balaban J connectivity index is 1.03. The molecule has 3 aromatic heterocycles. The van der Waals surface area contributed by atoms with Crippen LogP contribution in [-0.2, 0) is 36.2 Å². The average molecular weight is 595 g/mol. The number of pyridine rings is 1. The number of fused-ring (bicyclic) bond motifs is 2. The van der Waals surface area contributed by atoms with Gasteiger partial charge in [0.2, 0.25) is 5.88 Å². The lowest BCUT2D eigenvalue weighted by molar-refractivity contribution is -0.0592. The van der Waals surface area contributed by atoms with Crippen molar-refractivity contribution in [3.05, 3.63) is 83.4 Å². The lowest BCUT2D eigenvalue weighted by Gasteiger charge is -2.37. The van der Waals surface area contributed by atoms with Gasteiger partial charge in [-0.1, -0.05) is 18.2 Å². The van der Waals surface area contributed by atoms with Gasteiger partial charge in [0.1, 0.15) is 12.4 Å². The lowest BCUT2D eigenvalue weighted by atomic mass is 9.88. The van der Waals surface area contributed by atoms with Crippen LogP contribution in [0, 0.1) is 0 Å². The molecular weight excluding hydrogens is 556 g/mol.